The van der Waals surface area contributed by atoms with Crippen LogP contribution in [0.1, 0.15) is 124 Å². The minimum Gasteiger partial charge on any atom is -0.444 e. The fourth-order valence-electron chi connectivity index (χ4n) is 10.8. The molecule has 6 aliphatic heterocycles. The number of amides is 5. The third-order valence-electron chi connectivity index (χ3n) is 13.5. The van der Waals surface area contributed by atoms with E-state index < -0.39 is 5.60 Å². The summed E-state index contributed by atoms with van der Waals surface area (Å²) in [4.78, 5) is 48.8. The number of carbonyl (C=O) groups is 3. The first kappa shape index (κ1) is 42.4. The van der Waals surface area contributed by atoms with Gasteiger partial charge in [-0.2, -0.15) is 0 Å². The highest BCUT2D eigenvalue weighted by atomic mass is 35.5. The first-order valence-electron chi connectivity index (χ1n) is 21.0. The van der Waals surface area contributed by atoms with Crippen molar-refractivity contribution in [2.24, 2.45) is 0 Å². The summed E-state index contributed by atoms with van der Waals surface area (Å²) in [6.07, 6.45) is 18.7. The Hall–Kier alpha value is -1.73. The van der Waals surface area contributed by atoms with Crippen molar-refractivity contribution in [1.29, 1.82) is 0 Å². The van der Waals surface area contributed by atoms with E-state index in [2.05, 4.69) is 35.6 Å². The van der Waals surface area contributed by atoms with Gasteiger partial charge in [-0.05, 0) is 111 Å². The number of fused-ring (bicyclic) bond motifs is 2. The normalized spacial score (nSPS) is 31.3. The standard InChI is InChI=1S/C22H38N4O3.C17H30N4O.2ClH/c1-22(2,3)29-21(28)25-14-8-16(9-15-25)24-12-10-17(11-13-24)26-19-7-5-4-6-18(19)23-20(26)27;22-17-19-15-3-1-2-4-16(15)21(17)14-7-11-20(12-8-14)13-5-9-18-10-6-13;;/h16-19H,4-15H2,1-3H3,(H,23,27);13-16,18H,1-12H2,(H,19,22);2*1H/t18-,19+;15-,16+;;/m11../s1. The molecule has 14 heteroatoms. The molecule has 6 saturated heterocycles. The zero-order valence-corrected chi connectivity index (χ0v) is 34.4. The van der Waals surface area contributed by atoms with Crippen LogP contribution in [0.2, 0.25) is 0 Å². The van der Waals surface area contributed by atoms with E-state index in [1.54, 1.807) is 0 Å². The zero-order valence-electron chi connectivity index (χ0n) is 32.8. The number of hydrogen-bond acceptors (Lipinski definition) is 7. The van der Waals surface area contributed by atoms with Crippen molar-refractivity contribution in [2.75, 3.05) is 52.4 Å². The maximum atomic E-state index is 12.6. The van der Waals surface area contributed by atoms with Crippen molar-refractivity contribution in [3.8, 4) is 0 Å². The lowest BCUT2D eigenvalue weighted by Gasteiger charge is -2.44. The predicted molar refractivity (Wildman–Crippen MR) is 213 cm³/mol. The largest absolute Gasteiger partial charge is 0.444 e. The Bertz CT molecular complexity index is 1200. The van der Waals surface area contributed by atoms with Crippen molar-refractivity contribution in [3.63, 3.8) is 0 Å². The fourth-order valence-corrected chi connectivity index (χ4v) is 10.8. The second kappa shape index (κ2) is 18.9. The smallest absolute Gasteiger partial charge is 0.410 e. The molecule has 8 rings (SSSR count). The van der Waals surface area contributed by atoms with Crippen LogP contribution in [0.3, 0.4) is 0 Å². The molecule has 53 heavy (non-hydrogen) atoms. The van der Waals surface area contributed by atoms with E-state index in [-0.39, 0.29) is 43.0 Å². The molecule has 0 aromatic heterocycles. The number of carbonyl (C=O) groups excluding carboxylic acids is 3. The van der Waals surface area contributed by atoms with E-state index in [0.29, 0.717) is 42.3 Å². The topological polar surface area (TPSA) is 113 Å². The van der Waals surface area contributed by atoms with Crippen molar-refractivity contribution in [3.05, 3.63) is 0 Å². The van der Waals surface area contributed by atoms with E-state index >= 15 is 0 Å². The summed E-state index contributed by atoms with van der Waals surface area (Å²) in [5.41, 5.74) is -0.435. The second-order valence-electron chi connectivity index (χ2n) is 17.8. The van der Waals surface area contributed by atoms with Gasteiger partial charge in [-0.3, -0.25) is 0 Å². The van der Waals surface area contributed by atoms with Gasteiger partial charge in [-0.25, -0.2) is 14.4 Å². The number of nitrogens with one attached hydrogen (secondary N) is 3. The first-order valence-corrected chi connectivity index (χ1v) is 21.0. The third-order valence-corrected chi connectivity index (χ3v) is 13.5. The van der Waals surface area contributed by atoms with Gasteiger partial charge in [-0.1, -0.05) is 25.7 Å². The summed E-state index contributed by atoms with van der Waals surface area (Å²) in [5, 5.41) is 9.93. The van der Waals surface area contributed by atoms with E-state index in [9.17, 15) is 14.4 Å². The maximum Gasteiger partial charge on any atom is 0.410 e. The quantitative estimate of drug-likeness (QED) is 0.342. The highest BCUT2D eigenvalue weighted by molar-refractivity contribution is 5.85. The molecule has 0 spiro atoms. The molecule has 0 bridgehead atoms. The Morgan fingerprint density at radius 3 is 1.40 bits per heavy atom. The van der Waals surface area contributed by atoms with Gasteiger partial charge in [0.15, 0.2) is 0 Å². The number of urea groups is 2. The van der Waals surface area contributed by atoms with Gasteiger partial charge in [0.2, 0.25) is 0 Å². The SMILES string of the molecule is CC(C)(C)OC(=O)N1CCC(N2CCC(N3C(=O)N[C@@H]4CCCC[C@@H]43)CC2)CC1.Cl.Cl.O=C1N[C@@H]2CCCC[C@@H]2N1C1CCN(C2CCNCC2)CC1. The van der Waals surface area contributed by atoms with E-state index in [1.807, 2.05) is 25.7 Å². The molecular weight excluding hydrogens is 715 g/mol. The number of piperidine rings is 4. The van der Waals surface area contributed by atoms with Crippen LogP contribution in [0.5, 0.6) is 0 Å². The van der Waals surface area contributed by atoms with Crippen molar-refractivity contribution >= 4 is 43.0 Å². The highest BCUT2D eigenvalue weighted by Gasteiger charge is 2.46. The van der Waals surface area contributed by atoms with Crippen LogP contribution >= 0.6 is 24.8 Å². The Balaban J connectivity index is 0.000000203. The van der Waals surface area contributed by atoms with E-state index in [1.165, 1.54) is 90.4 Å². The van der Waals surface area contributed by atoms with Crippen LogP contribution in [0, 0.1) is 0 Å². The molecule has 8 aliphatic rings. The monoisotopic (exact) mass is 784 g/mol. The van der Waals surface area contributed by atoms with Crippen molar-refractivity contribution < 1.29 is 19.1 Å². The predicted octanol–water partition coefficient (Wildman–Crippen LogP) is 5.57. The van der Waals surface area contributed by atoms with Gasteiger partial charge in [0, 0.05) is 63.4 Å². The molecule has 6 heterocycles. The van der Waals surface area contributed by atoms with Crippen LogP contribution in [0.25, 0.3) is 0 Å². The minimum atomic E-state index is -0.435. The summed E-state index contributed by atoms with van der Waals surface area (Å²) in [6, 6.07) is 4.30. The number of hydrogen-bond donors (Lipinski definition) is 3. The van der Waals surface area contributed by atoms with Gasteiger partial charge in [0.25, 0.3) is 0 Å². The molecule has 5 amide bonds. The maximum absolute atomic E-state index is 12.6. The fraction of sp³-hybridized carbons (Fsp3) is 0.923. The first-order chi connectivity index (χ1) is 24.6. The average Bonchev–Trinajstić information content (AvgIpc) is 3.66. The molecule has 0 aromatic carbocycles. The Labute approximate surface area is 331 Å². The summed E-state index contributed by atoms with van der Waals surface area (Å²) >= 11 is 0. The van der Waals surface area contributed by atoms with Crippen LogP contribution in [-0.2, 0) is 4.74 Å². The highest BCUT2D eigenvalue weighted by Crippen LogP contribution is 2.35. The van der Waals surface area contributed by atoms with E-state index in [0.717, 1.165) is 70.7 Å². The summed E-state index contributed by atoms with van der Waals surface area (Å²) < 4.78 is 5.51. The third kappa shape index (κ3) is 10.2. The number of halogens is 2. The Morgan fingerprint density at radius 2 is 0.962 bits per heavy atom. The minimum absolute atomic E-state index is 0. The van der Waals surface area contributed by atoms with Crippen LogP contribution < -0.4 is 16.0 Å². The molecule has 304 valence electrons. The van der Waals surface area contributed by atoms with Crippen LogP contribution in [-0.4, -0.2) is 149 Å². The molecule has 0 unspecified atom stereocenters. The molecule has 8 fully saturated rings. The zero-order chi connectivity index (χ0) is 35.5. The summed E-state index contributed by atoms with van der Waals surface area (Å²) in [6.45, 7) is 14.1. The molecule has 12 nitrogen and oxygen atoms in total. The molecule has 0 radical (unpaired) electrons. The molecule has 0 aromatic rings. The van der Waals surface area contributed by atoms with Gasteiger partial charge < -0.3 is 45.2 Å². The average molecular weight is 786 g/mol. The lowest BCUT2D eigenvalue weighted by Crippen LogP contribution is -2.54. The second-order valence-corrected chi connectivity index (χ2v) is 17.8. The van der Waals surface area contributed by atoms with Crippen molar-refractivity contribution in [1.82, 2.24) is 40.4 Å². The van der Waals surface area contributed by atoms with Gasteiger partial charge >= 0.3 is 18.2 Å². The molecule has 2 aliphatic carbocycles. The molecule has 4 atom stereocenters. The van der Waals surface area contributed by atoms with Gasteiger partial charge in [0.1, 0.15) is 5.60 Å². The Kier molecular flexibility index (Phi) is 15.2. The van der Waals surface area contributed by atoms with Crippen molar-refractivity contribution in [2.45, 2.75) is 177 Å². The summed E-state index contributed by atoms with van der Waals surface area (Å²) in [7, 11) is 0. The lowest BCUT2D eigenvalue weighted by molar-refractivity contribution is 0.0104. The lowest BCUT2D eigenvalue weighted by atomic mass is 9.89. The molecule has 2 saturated carbocycles. The number of likely N-dealkylation sites (tertiary alicyclic amines) is 3. The number of ether oxygens (including phenoxy) is 1. The van der Waals surface area contributed by atoms with Gasteiger partial charge in [0.05, 0.1) is 24.2 Å². The van der Waals surface area contributed by atoms with Crippen LogP contribution in [0.15, 0.2) is 0 Å². The number of rotatable bonds is 4. The Morgan fingerprint density at radius 1 is 0.566 bits per heavy atom. The number of nitrogens with zero attached hydrogens (tertiary/aromatic N) is 5. The summed E-state index contributed by atoms with van der Waals surface area (Å²) in [5.74, 6) is 0. The van der Waals surface area contributed by atoms with Crippen LogP contribution in [0.4, 0.5) is 14.4 Å². The van der Waals surface area contributed by atoms with Gasteiger partial charge in [-0.15, -0.1) is 24.8 Å². The molecule has 3 N–H and O–H groups in total. The molecular formula is C39H70Cl2N8O4. The van der Waals surface area contributed by atoms with E-state index in [4.69, 9.17) is 4.74 Å².